The first-order chi connectivity index (χ1) is 16.9. The number of rotatable bonds is 9. The number of benzene rings is 2. The Morgan fingerprint density at radius 1 is 1.09 bits per heavy atom. The van der Waals surface area contributed by atoms with Crippen molar-refractivity contribution >= 4 is 27.4 Å². The summed E-state index contributed by atoms with van der Waals surface area (Å²) in [5, 5.41) is 2.82. The van der Waals surface area contributed by atoms with Gasteiger partial charge >= 0.3 is 0 Å². The third-order valence-electron chi connectivity index (χ3n) is 5.42. The van der Waals surface area contributed by atoms with Gasteiger partial charge in [0, 0.05) is 37.1 Å². The molecule has 0 saturated carbocycles. The van der Waals surface area contributed by atoms with Crippen LogP contribution in [-0.4, -0.2) is 52.2 Å². The number of hydrogen-bond donors (Lipinski definition) is 2. The second-order valence-electron chi connectivity index (χ2n) is 7.90. The van der Waals surface area contributed by atoms with Gasteiger partial charge in [0.2, 0.25) is 0 Å². The molecule has 2 aromatic carbocycles. The summed E-state index contributed by atoms with van der Waals surface area (Å²) >= 11 is 0. The van der Waals surface area contributed by atoms with Crippen molar-refractivity contribution in [2.45, 2.75) is 18.4 Å². The maximum absolute atomic E-state index is 12.8. The van der Waals surface area contributed by atoms with Crippen molar-refractivity contribution in [3.05, 3.63) is 78.0 Å². The van der Waals surface area contributed by atoms with Gasteiger partial charge in [0.1, 0.15) is 11.6 Å². The third kappa shape index (κ3) is 6.49. The highest BCUT2D eigenvalue weighted by atomic mass is 32.2. The van der Waals surface area contributed by atoms with E-state index in [1.165, 1.54) is 12.1 Å². The minimum atomic E-state index is -3.87. The maximum atomic E-state index is 12.8. The van der Waals surface area contributed by atoms with Crippen molar-refractivity contribution in [3.63, 3.8) is 0 Å². The van der Waals surface area contributed by atoms with Gasteiger partial charge in [-0.2, -0.15) is 0 Å². The predicted molar refractivity (Wildman–Crippen MR) is 133 cm³/mol. The van der Waals surface area contributed by atoms with Gasteiger partial charge < -0.3 is 19.7 Å². The number of carbonyl (C=O) groups excluding carboxylic acids is 1. The zero-order valence-electron chi connectivity index (χ0n) is 19.4. The number of ether oxygens (including phenoxy) is 2. The second kappa shape index (κ2) is 11.2. The molecule has 1 aliphatic heterocycles. The highest BCUT2D eigenvalue weighted by Crippen LogP contribution is 2.20. The Kier molecular flexibility index (Phi) is 7.84. The van der Waals surface area contributed by atoms with Crippen LogP contribution in [0.1, 0.15) is 22.8 Å². The van der Waals surface area contributed by atoms with Crippen LogP contribution in [0.3, 0.4) is 0 Å². The number of carbonyl (C=O) groups is 1. The van der Waals surface area contributed by atoms with Gasteiger partial charge in [0.15, 0.2) is 0 Å². The molecule has 10 heteroatoms. The summed E-state index contributed by atoms with van der Waals surface area (Å²) in [4.78, 5) is 19.3. The Hall–Kier alpha value is -3.63. The summed E-state index contributed by atoms with van der Waals surface area (Å²) in [6.07, 6.45) is 1.73. The van der Waals surface area contributed by atoms with Crippen LogP contribution >= 0.6 is 0 Å². The molecule has 1 amide bonds. The molecule has 4 rings (SSSR count). The van der Waals surface area contributed by atoms with Gasteiger partial charge in [0.25, 0.3) is 15.9 Å². The quantitative estimate of drug-likeness (QED) is 0.469. The van der Waals surface area contributed by atoms with Crippen LogP contribution in [0.2, 0.25) is 0 Å². The van der Waals surface area contributed by atoms with E-state index in [0.717, 1.165) is 24.5 Å². The van der Waals surface area contributed by atoms with Crippen LogP contribution < -0.4 is 19.7 Å². The highest BCUT2D eigenvalue weighted by molar-refractivity contribution is 7.92. The highest BCUT2D eigenvalue weighted by Gasteiger charge is 2.17. The van der Waals surface area contributed by atoms with Crippen molar-refractivity contribution in [1.82, 2.24) is 10.3 Å². The summed E-state index contributed by atoms with van der Waals surface area (Å²) in [7, 11) is -3.87. The average molecular weight is 497 g/mol. The first-order valence-corrected chi connectivity index (χ1v) is 12.8. The second-order valence-corrected chi connectivity index (χ2v) is 9.58. The van der Waals surface area contributed by atoms with E-state index in [4.69, 9.17) is 9.47 Å². The average Bonchev–Trinajstić information content (AvgIpc) is 2.89. The number of nitrogens with zero attached hydrogens (tertiary/aromatic N) is 2. The van der Waals surface area contributed by atoms with E-state index in [9.17, 15) is 13.2 Å². The Morgan fingerprint density at radius 3 is 2.54 bits per heavy atom. The number of amides is 1. The number of morpholine rings is 1. The molecule has 0 aliphatic carbocycles. The minimum absolute atomic E-state index is 0.00411. The van der Waals surface area contributed by atoms with Gasteiger partial charge in [-0.05, 0) is 61.0 Å². The molecule has 0 spiro atoms. The molecule has 3 aromatic rings. The van der Waals surface area contributed by atoms with Gasteiger partial charge in [0.05, 0.1) is 24.7 Å². The molecular weight excluding hydrogens is 468 g/mol. The Bertz CT molecular complexity index is 1240. The fourth-order valence-electron chi connectivity index (χ4n) is 3.59. The molecule has 0 radical (unpaired) electrons. The molecule has 0 unspecified atom stereocenters. The molecule has 1 aromatic heterocycles. The number of aromatic nitrogens is 1. The van der Waals surface area contributed by atoms with E-state index in [0.29, 0.717) is 31.3 Å². The number of nitrogens with one attached hydrogen (secondary N) is 2. The van der Waals surface area contributed by atoms with E-state index in [1.807, 2.05) is 19.1 Å². The van der Waals surface area contributed by atoms with E-state index < -0.39 is 10.0 Å². The largest absolute Gasteiger partial charge is 0.494 e. The number of sulfonamides is 1. The van der Waals surface area contributed by atoms with Crippen LogP contribution in [0.15, 0.2) is 71.8 Å². The molecule has 2 N–H and O–H groups in total. The lowest BCUT2D eigenvalue weighted by Gasteiger charge is -2.27. The number of pyridine rings is 1. The van der Waals surface area contributed by atoms with Crippen molar-refractivity contribution < 1.29 is 22.7 Å². The monoisotopic (exact) mass is 496 g/mol. The van der Waals surface area contributed by atoms with Gasteiger partial charge in [-0.3, -0.25) is 9.52 Å². The minimum Gasteiger partial charge on any atom is -0.494 e. The van der Waals surface area contributed by atoms with E-state index in [1.54, 1.807) is 42.6 Å². The molecule has 35 heavy (non-hydrogen) atoms. The van der Waals surface area contributed by atoms with E-state index in [-0.39, 0.29) is 22.9 Å². The molecule has 184 valence electrons. The van der Waals surface area contributed by atoms with Crippen molar-refractivity contribution in [2.75, 3.05) is 42.5 Å². The fraction of sp³-hybridized carbons (Fsp3) is 0.280. The Morgan fingerprint density at radius 2 is 1.86 bits per heavy atom. The lowest BCUT2D eigenvalue weighted by molar-refractivity contribution is 0.0950. The third-order valence-corrected chi connectivity index (χ3v) is 6.80. The first kappa shape index (κ1) is 24.5. The smallest absolute Gasteiger partial charge is 0.261 e. The van der Waals surface area contributed by atoms with Crippen molar-refractivity contribution in [1.29, 1.82) is 0 Å². The standard InChI is InChI=1S/C25H28N4O5S/c1-2-34-22-9-7-21(8-10-22)28-35(31,32)23-5-3-4-20(16-23)25(30)27-18-19-6-11-24(26-17-19)29-12-14-33-15-13-29/h3-11,16-17,28H,2,12-15,18H2,1H3,(H,27,30). The Balaban J connectivity index is 1.37. The fourth-order valence-corrected chi connectivity index (χ4v) is 4.69. The molecule has 0 bridgehead atoms. The van der Waals surface area contributed by atoms with Crippen LogP contribution in [-0.2, 0) is 21.3 Å². The predicted octanol–water partition coefficient (Wildman–Crippen LogP) is 3.05. The van der Waals surface area contributed by atoms with Crippen molar-refractivity contribution in [3.8, 4) is 5.75 Å². The van der Waals surface area contributed by atoms with Crippen molar-refractivity contribution in [2.24, 2.45) is 0 Å². The molecule has 9 nitrogen and oxygen atoms in total. The topological polar surface area (TPSA) is 110 Å². The number of anilines is 2. The summed E-state index contributed by atoms with van der Waals surface area (Å²) < 4.78 is 38.9. The number of hydrogen-bond acceptors (Lipinski definition) is 7. The summed E-state index contributed by atoms with van der Waals surface area (Å²) in [5.74, 6) is 1.15. The van der Waals surface area contributed by atoms with Crippen LogP contribution in [0.5, 0.6) is 5.75 Å². The molecular formula is C25H28N4O5S. The van der Waals surface area contributed by atoms with Gasteiger partial charge in [-0.25, -0.2) is 13.4 Å². The molecule has 1 saturated heterocycles. The zero-order valence-corrected chi connectivity index (χ0v) is 20.3. The summed E-state index contributed by atoms with van der Waals surface area (Å²) in [5.41, 5.74) is 1.49. The molecule has 2 heterocycles. The van der Waals surface area contributed by atoms with Crippen LogP contribution in [0.25, 0.3) is 0 Å². The normalized spacial score (nSPS) is 13.8. The van der Waals surface area contributed by atoms with E-state index in [2.05, 4.69) is 19.9 Å². The van der Waals surface area contributed by atoms with Crippen LogP contribution in [0.4, 0.5) is 11.5 Å². The van der Waals surface area contributed by atoms with E-state index >= 15 is 0 Å². The maximum Gasteiger partial charge on any atom is 0.261 e. The lowest BCUT2D eigenvalue weighted by atomic mass is 10.2. The van der Waals surface area contributed by atoms with Gasteiger partial charge in [-0.1, -0.05) is 12.1 Å². The summed E-state index contributed by atoms with van der Waals surface area (Å²) in [6.45, 7) is 5.64. The SMILES string of the molecule is CCOc1ccc(NS(=O)(=O)c2cccc(C(=O)NCc3ccc(N4CCOCC4)nc3)c2)cc1. The molecule has 1 aliphatic rings. The molecule has 0 atom stereocenters. The Labute approximate surface area is 205 Å². The zero-order chi connectivity index (χ0) is 24.7. The van der Waals surface area contributed by atoms with Crippen LogP contribution in [0, 0.1) is 0 Å². The lowest BCUT2D eigenvalue weighted by Crippen LogP contribution is -2.36. The van der Waals surface area contributed by atoms with Gasteiger partial charge in [-0.15, -0.1) is 0 Å². The first-order valence-electron chi connectivity index (χ1n) is 11.4. The molecule has 1 fully saturated rings. The summed E-state index contributed by atoms with van der Waals surface area (Å²) in [6, 6.07) is 16.4.